The minimum Gasteiger partial charge on any atom is -0.406 e. The molecule has 1 saturated heterocycles. The summed E-state index contributed by atoms with van der Waals surface area (Å²) in [6.45, 7) is 3.45. The maximum Gasteiger partial charge on any atom is 0.573 e. The lowest BCUT2D eigenvalue weighted by atomic mass is 9.80. The molecule has 21 heavy (non-hydrogen) atoms. The average molecular weight is 302 g/mol. The topological polar surface area (TPSA) is 50.4 Å². The third-order valence-electron chi connectivity index (χ3n) is 3.60. The van der Waals surface area contributed by atoms with Crippen molar-refractivity contribution in [2.45, 2.75) is 26.1 Å². The van der Waals surface area contributed by atoms with Crippen molar-refractivity contribution in [1.29, 1.82) is 0 Å². The van der Waals surface area contributed by atoms with E-state index in [1.165, 1.54) is 24.3 Å². The highest BCUT2D eigenvalue weighted by Gasteiger charge is 2.34. The predicted molar refractivity (Wildman–Crippen MR) is 72.0 cm³/mol. The molecular formula is C14H17F3N2O2. The van der Waals surface area contributed by atoms with Gasteiger partial charge in [0.1, 0.15) is 5.75 Å². The van der Waals surface area contributed by atoms with Gasteiger partial charge in [-0.1, -0.05) is 6.92 Å². The van der Waals surface area contributed by atoms with Crippen LogP contribution in [0.4, 0.5) is 18.9 Å². The van der Waals surface area contributed by atoms with Crippen LogP contribution in [0.1, 0.15) is 19.8 Å². The highest BCUT2D eigenvalue weighted by Crippen LogP contribution is 2.30. The standard InChI is InChI=1S/C14H17F3N2O2/c1-13(6-8-18-9-7-13)12(20)19-10-2-4-11(5-3-10)21-14(15,16)17/h2-5,18H,6-9H2,1H3,(H,19,20). The average Bonchev–Trinajstić information content (AvgIpc) is 2.40. The van der Waals surface area contributed by atoms with Crippen molar-refractivity contribution in [3.63, 3.8) is 0 Å². The van der Waals surface area contributed by atoms with Crippen LogP contribution in [0.5, 0.6) is 5.75 Å². The van der Waals surface area contributed by atoms with Gasteiger partial charge in [-0.05, 0) is 50.2 Å². The van der Waals surface area contributed by atoms with Crippen molar-refractivity contribution in [2.24, 2.45) is 5.41 Å². The van der Waals surface area contributed by atoms with Crippen LogP contribution in [-0.4, -0.2) is 25.4 Å². The van der Waals surface area contributed by atoms with E-state index >= 15 is 0 Å². The fourth-order valence-electron chi connectivity index (χ4n) is 2.23. The lowest BCUT2D eigenvalue weighted by Gasteiger charge is -2.32. The normalized spacial score (nSPS) is 18.1. The van der Waals surface area contributed by atoms with Crippen LogP contribution in [0.15, 0.2) is 24.3 Å². The second-order valence-electron chi connectivity index (χ2n) is 5.34. The number of halogens is 3. The molecule has 7 heteroatoms. The molecule has 0 bridgehead atoms. The Kier molecular flexibility index (Phi) is 4.41. The Morgan fingerprint density at radius 1 is 1.24 bits per heavy atom. The SMILES string of the molecule is CC1(C(=O)Nc2ccc(OC(F)(F)F)cc2)CCNCC1. The molecule has 0 aliphatic carbocycles. The van der Waals surface area contributed by atoms with Crippen molar-refractivity contribution >= 4 is 11.6 Å². The van der Waals surface area contributed by atoms with E-state index in [4.69, 9.17) is 0 Å². The number of hydrogen-bond donors (Lipinski definition) is 2. The van der Waals surface area contributed by atoms with Crippen LogP contribution < -0.4 is 15.4 Å². The molecular weight excluding hydrogens is 285 g/mol. The van der Waals surface area contributed by atoms with Crippen LogP contribution in [0.3, 0.4) is 0 Å². The Morgan fingerprint density at radius 2 is 1.81 bits per heavy atom. The number of rotatable bonds is 3. The van der Waals surface area contributed by atoms with Gasteiger partial charge in [-0.15, -0.1) is 13.2 Å². The van der Waals surface area contributed by atoms with E-state index in [1.54, 1.807) is 0 Å². The van der Waals surface area contributed by atoms with Gasteiger partial charge in [0.25, 0.3) is 0 Å². The van der Waals surface area contributed by atoms with Crippen LogP contribution in [-0.2, 0) is 4.79 Å². The van der Waals surface area contributed by atoms with E-state index in [1.807, 2.05) is 6.92 Å². The molecule has 1 aliphatic rings. The number of ether oxygens (including phenoxy) is 1. The minimum atomic E-state index is -4.71. The van der Waals surface area contributed by atoms with Gasteiger partial charge in [-0.2, -0.15) is 0 Å². The maximum absolute atomic E-state index is 12.3. The summed E-state index contributed by atoms with van der Waals surface area (Å²) < 4.78 is 39.9. The third kappa shape index (κ3) is 4.35. The van der Waals surface area contributed by atoms with Gasteiger partial charge >= 0.3 is 6.36 Å². The van der Waals surface area contributed by atoms with Gasteiger partial charge < -0.3 is 15.4 Å². The molecule has 1 amide bonds. The molecule has 1 aromatic carbocycles. The van der Waals surface area contributed by atoms with Crippen molar-refractivity contribution in [3.8, 4) is 5.75 Å². The second kappa shape index (κ2) is 5.93. The Labute approximate surface area is 120 Å². The number of amides is 1. The number of anilines is 1. The predicted octanol–water partition coefficient (Wildman–Crippen LogP) is 2.91. The fourth-order valence-corrected chi connectivity index (χ4v) is 2.23. The third-order valence-corrected chi connectivity index (χ3v) is 3.60. The number of carbonyl (C=O) groups is 1. The van der Waals surface area contributed by atoms with Gasteiger partial charge in [0.15, 0.2) is 0 Å². The number of carbonyl (C=O) groups excluding carboxylic acids is 1. The minimum absolute atomic E-state index is 0.117. The quantitative estimate of drug-likeness (QED) is 0.902. The molecule has 0 saturated carbocycles. The first-order valence-electron chi connectivity index (χ1n) is 6.66. The molecule has 0 atom stereocenters. The first kappa shape index (κ1) is 15.6. The Balaban J connectivity index is 1.98. The van der Waals surface area contributed by atoms with Gasteiger partial charge in [-0.25, -0.2) is 0 Å². The summed E-state index contributed by atoms with van der Waals surface area (Å²) in [6, 6.07) is 5.13. The van der Waals surface area contributed by atoms with E-state index < -0.39 is 11.8 Å². The Morgan fingerprint density at radius 3 is 2.33 bits per heavy atom. The molecule has 4 nitrogen and oxygen atoms in total. The molecule has 1 aromatic rings. The lowest BCUT2D eigenvalue weighted by molar-refractivity contribution is -0.274. The van der Waals surface area contributed by atoms with Crippen LogP contribution in [0.25, 0.3) is 0 Å². The van der Waals surface area contributed by atoms with Gasteiger partial charge in [-0.3, -0.25) is 4.79 Å². The van der Waals surface area contributed by atoms with E-state index in [0.29, 0.717) is 5.69 Å². The maximum atomic E-state index is 12.3. The first-order chi connectivity index (χ1) is 9.78. The number of nitrogens with one attached hydrogen (secondary N) is 2. The van der Waals surface area contributed by atoms with Crippen LogP contribution in [0, 0.1) is 5.41 Å². The highest BCUT2D eigenvalue weighted by molar-refractivity contribution is 5.95. The number of piperidine rings is 1. The van der Waals surface area contributed by atoms with E-state index in [2.05, 4.69) is 15.4 Å². The molecule has 0 unspecified atom stereocenters. The van der Waals surface area contributed by atoms with E-state index in [0.717, 1.165) is 25.9 Å². The largest absolute Gasteiger partial charge is 0.573 e. The Bertz CT molecular complexity index is 494. The molecule has 2 N–H and O–H groups in total. The van der Waals surface area contributed by atoms with Crippen LogP contribution in [0.2, 0.25) is 0 Å². The molecule has 0 aromatic heterocycles. The zero-order chi connectivity index (χ0) is 15.5. The first-order valence-corrected chi connectivity index (χ1v) is 6.66. The summed E-state index contributed by atoms with van der Waals surface area (Å²) in [5.41, 5.74) is 0.00105. The molecule has 1 aliphatic heterocycles. The number of alkyl halides is 3. The summed E-state index contributed by atoms with van der Waals surface area (Å²) in [5, 5.41) is 5.92. The Hall–Kier alpha value is -1.76. The molecule has 2 rings (SSSR count). The summed E-state index contributed by atoms with van der Waals surface area (Å²) in [7, 11) is 0. The summed E-state index contributed by atoms with van der Waals surface area (Å²) in [4.78, 5) is 12.3. The summed E-state index contributed by atoms with van der Waals surface area (Å²) >= 11 is 0. The number of benzene rings is 1. The highest BCUT2D eigenvalue weighted by atomic mass is 19.4. The zero-order valence-electron chi connectivity index (χ0n) is 11.6. The smallest absolute Gasteiger partial charge is 0.406 e. The fraction of sp³-hybridized carbons (Fsp3) is 0.500. The molecule has 0 radical (unpaired) electrons. The summed E-state index contributed by atoms with van der Waals surface area (Å²) in [5.74, 6) is -0.429. The van der Waals surface area contributed by atoms with Crippen molar-refractivity contribution in [1.82, 2.24) is 5.32 Å². The molecule has 116 valence electrons. The zero-order valence-corrected chi connectivity index (χ0v) is 11.6. The van der Waals surface area contributed by atoms with E-state index in [9.17, 15) is 18.0 Å². The second-order valence-corrected chi connectivity index (χ2v) is 5.34. The molecule has 0 spiro atoms. The van der Waals surface area contributed by atoms with Gasteiger partial charge in [0.05, 0.1) is 0 Å². The van der Waals surface area contributed by atoms with Gasteiger partial charge in [0, 0.05) is 11.1 Å². The van der Waals surface area contributed by atoms with Crippen molar-refractivity contribution in [3.05, 3.63) is 24.3 Å². The molecule has 1 fully saturated rings. The van der Waals surface area contributed by atoms with Gasteiger partial charge in [0.2, 0.25) is 5.91 Å². The lowest BCUT2D eigenvalue weighted by Crippen LogP contribution is -2.42. The molecule has 1 heterocycles. The monoisotopic (exact) mass is 302 g/mol. The van der Waals surface area contributed by atoms with Crippen molar-refractivity contribution < 1.29 is 22.7 Å². The number of hydrogen-bond acceptors (Lipinski definition) is 3. The van der Waals surface area contributed by atoms with Crippen molar-refractivity contribution in [2.75, 3.05) is 18.4 Å². The van der Waals surface area contributed by atoms with E-state index in [-0.39, 0.29) is 11.7 Å². The van der Waals surface area contributed by atoms with Crippen LogP contribution >= 0.6 is 0 Å². The summed E-state index contributed by atoms with van der Waals surface area (Å²) in [6.07, 6.45) is -3.25.